The summed E-state index contributed by atoms with van der Waals surface area (Å²) in [6.07, 6.45) is 0. The highest BCUT2D eigenvalue weighted by molar-refractivity contribution is 9.10. The van der Waals surface area contributed by atoms with E-state index in [0.29, 0.717) is 23.7 Å². The number of hydrogen-bond donors (Lipinski definition) is 1. The monoisotopic (exact) mass is 293 g/mol. The van der Waals surface area contributed by atoms with Gasteiger partial charge in [0.15, 0.2) is 11.6 Å². The minimum Gasteiger partial charge on any atom is -0.489 e. The molecule has 0 aliphatic heterocycles. The fourth-order valence-electron chi connectivity index (χ4n) is 1.15. The lowest BCUT2D eigenvalue weighted by molar-refractivity contribution is 0.289. The molecule has 0 aliphatic rings. The summed E-state index contributed by atoms with van der Waals surface area (Å²) in [5.74, 6) is -1.94. The molecule has 1 rings (SSSR count). The minimum atomic E-state index is -0.951. The first-order valence-corrected chi connectivity index (χ1v) is 5.80. The molecule has 0 saturated heterocycles. The highest BCUT2D eigenvalue weighted by Crippen LogP contribution is 2.25. The highest BCUT2D eigenvalue weighted by atomic mass is 79.9. The third-order valence-corrected chi connectivity index (χ3v) is 2.33. The predicted molar refractivity (Wildman–Crippen MR) is 62.7 cm³/mol. The van der Waals surface area contributed by atoms with Crippen molar-refractivity contribution in [3.8, 4) is 5.75 Å². The van der Waals surface area contributed by atoms with Crippen LogP contribution in [0.1, 0.15) is 13.8 Å². The molecule has 0 spiro atoms. The van der Waals surface area contributed by atoms with Crippen molar-refractivity contribution in [3.63, 3.8) is 0 Å². The molecule has 2 nitrogen and oxygen atoms in total. The van der Waals surface area contributed by atoms with Crippen molar-refractivity contribution in [1.29, 1.82) is 0 Å². The Kier molecular flexibility index (Phi) is 5.15. The Hall–Kier alpha value is -0.680. The molecule has 0 unspecified atom stereocenters. The summed E-state index contributed by atoms with van der Waals surface area (Å²) >= 11 is 3.08. The molecule has 0 radical (unpaired) electrons. The van der Waals surface area contributed by atoms with Crippen LogP contribution in [0.2, 0.25) is 0 Å². The average molecular weight is 294 g/mol. The lowest BCUT2D eigenvalue weighted by Crippen LogP contribution is -2.27. The van der Waals surface area contributed by atoms with E-state index in [4.69, 9.17) is 4.74 Å². The molecule has 5 heteroatoms. The van der Waals surface area contributed by atoms with Gasteiger partial charge in [-0.2, -0.15) is 4.39 Å². The van der Waals surface area contributed by atoms with Crippen LogP contribution in [0.5, 0.6) is 5.75 Å². The summed E-state index contributed by atoms with van der Waals surface area (Å²) in [5, 5.41) is 3.11. The van der Waals surface area contributed by atoms with Crippen LogP contribution in [0.25, 0.3) is 0 Å². The van der Waals surface area contributed by atoms with E-state index < -0.39 is 11.6 Å². The Morgan fingerprint density at radius 2 is 2.06 bits per heavy atom. The van der Waals surface area contributed by atoms with Gasteiger partial charge in [-0.15, -0.1) is 0 Å². The first-order chi connectivity index (χ1) is 7.50. The zero-order valence-corrected chi connectivity index (χ0v) is 10.8. The molecule has 0 aromatic heterocycles. The SMILES string of the molecule is CC(C)NCCOc1cc(Br)cc(F)c1F. The van der Waals surface area contributed by atoms with E-state index in [-0.39, 0.29) is 5.75 Å². The molecule has 1 N–H and O–H groups in total. The number of hydrogen-bond acceptors (Lipinski definition) is 2. The van der Waals surface area contributed by atoms with Crippen LogP contribution < -0.4 is 10.1 Å². The van der Waals surface area contributed by atoms with E-state index in [9.17, 15) is 8.78 Å². The van der Waals surface area contributed by atoms with Gasteiger partial charge < -0.3 is 10.1 Å². The molecule has 1 aromatic rings. The number of ether oxygens (including phenoxy) is 1. The van der Waals surface area contributed by atoms with Crippen LogP contribution in [0, 0.1) is 11.6 Å². The molecule has 0 fully saturated rings. The minimum absolute atomic E-state index is 0.0718. The highest BCUT2D eigenvalue weighted by Gasteiger charge is 2.10. The second-order valence-electron chi connectivity index (χ2n) is 3.66. The Balaban J connectivity index is 2.53. The summed E-state index contributed by atoms with van der Waals surface area (Å²) in [4.78, 5) is 0. The Bertz CT molecular complexity index is 358. The molecule has 1 aromatic carbocycles. The van der Waals surface area contributed by atoms with Crippen molar-refractivity contribution < 1.29 is 13.5 Å². The molecule has 0 heterocycles. The second-order valence-corrected chi connectivity index (χ2v) is 4.57. The fraction of sp³-hybridized carbons (Fsp3) is 0.455. The Morgan fingerprint density at radius 1 is 1.38 bits per heavy atom. The lowest BCUT2D eigenvalue weighted by Gasteiger charge is -2.10. The van der Waals surface area contributed by atoms with Gasteiger partial charge in [0.2, 0.25) is 5.82 Å². The van der Waals surface area contributed by atoms with Crippen LogP contribution >= 0.6 is 15.9 Å². The van der Waals surface area contributed by atoms with Gasteiger partial charge in [0.25, 0.3) is 0 Å². The molecule has 16 heavy (non-hydrogen) atoms. The van der Waals surface area contributed by atoms with E-state index in [1.165, 1.54) is 6.07 Å². The van der Waals surface area contributed by atoms with Crippen molar-refractivity contribution in [3.05, 3.63) is 28.2 Å². The van der Waals surface area contributed by atoms with E-state index in [1.54, 1.807) is 0 Å². The fourth-order valence-corrected chi connectivity index (χ4v) is 1.55. The summed E-state index contributed by atoms with van der Waals surface area (Å²) in [5.41, 5.74) is 0. The van der Waals surface area contributed by atoms with Gasteiger partial charge >= 0.3 is 0 Å². The molecule has 90 valence electrons. The van der Waals surface area contributed by atoms with Crippen molar-refractivity contribution in [2.24, 2.45) is 0 Å². The van der Waals surface area contributed by atoms with Gasteiger partial charge in [-0.3, -0.25) is 0 Å². The number of rotatable bonds is 5. The average Bonchev–Trinajstić information content (AvgIpc) is 2.19. The van der Waals surface area contributed by atoms with Crippen molar-refractivity contribution in [2.45, 2.75) is 19.9 Å². The van der Waals surface area contributed by atoms with Crippen molar-refractivity contribution in [1.82, 2.24) is 5.32 Å². The second kappa shape index (κ2) is 6.15. The Morgan fingerprint density at radius 3 is 2.69 bits per heavy atom. The maximum atomic E-state index is 13.2. The largest absolute Gasteiger partial charge is 0.489 e. The van der Waals surface area contributed by atoms with Crippen LogP contribution in [0.15, 0.2) is 16.6 Å². The molecule has 0 aliphatic carbocycles. The third-order valence-electron chi connectivity index (χ3n) is 1.87. The van der Waals surface area contributed by atoms with Crippen molar-refractivity contribution >= 4 is 15.9 Å². The molecule has 0 bridgehead atoms. The van der Waals surface area contributed by atoms with Gasteiger partial charge in [0, 0.05) is 17.1 Å². The zero-order valence-electron chi connectivity index (χ0n) is 9.19. The molecular weight excluding hydrogens is 280 g/mol. The van der Waals surface area contributed by atoms with Crippen LogP contribution in [-0.4, -0.2) is 19.2 Å². The molecule has 0 amide bonds. The third kappa shape index (κ3) is 4.06. The van der Waals surface area contributed by atoms with E-state index in [1.807, 2.05) is 13.8 Å². The molecule has 0 atom stereocenters. The number of benzene rings is 1. The summed E-state index contributed by atoms with van der Waals surface area (Å²) in [6.45, 7) is 4.88. The van der Waals surface area contributed by atoms with E-state index in [2.05, 4.69) is 21.2 Å². The molecule has 0 saturated carbocycles. The maximum Gasteiger partial charge on any atom is 0.200 e. The van der Waals surface area contributed by atoms with Crippen LogP contribution in [-0.2, 0) is 0 Å². The van der Waals surface area contributed by atoms with Gasteiger partial charge in [-0.25, -0.2) is 4.39 Å². The summed E-state index contributed by atoms with van der Waals surface area (Å²) in [6, 6.07) is 2.82. The number of halogens is 3. The van der Waals surface area contributed by atoms with Gasteiger partial charge in [0.1, 0.15) is 6.61 Å². The quantitative estimate of drug-likeness (QED) is 0.665. The van der Waals surface area contributed by atoms with Gasteiger partial charge in [-0.05, 0) is 12.1 Å². The topological polar surface area (TPSA) is 21.3 Å². The predicted octanol–water partition coefficient (Wildman–Crippen LogP) is 3.10. The summed E-state index contributed by atoms with van der Waals surface area (Å²) < 4.78 is 31.8. The summed E-state index contributed by atoms with van der Waals surface area (Å²) in [7, 11) is 0. The molecular formula is C11H14BrF2NO. The number of nitrogens with one attached hydrogen (secondary N) is 1. The first kappa shape index (κ1) is 13.4. The van der Waals surface area contributed by atoms with Gasteiger partial charge in [0.05, 0.1) is 0 Å². The lowest BCUT2D eigenvalue weighted by atomic mass is 10.3. The normalized spacial score (nSPS) is 10.9. The maximum absolute atomic E-state index is 13.2. The zero-order chi connectivity index (χ0) is 12.1. The smallest absolute Gasteiger partial charge is 0.200 e. The van der Waals surface area contributed by atoms with Gasteiger partial charge in [-0.1, -0.05) is 29.8 Å². The van der Waals surface area contributed by atoms with E-state index >= 15 is 0 Å². The van der Waals surface area contributed by atoms with Crippen LogP contribution in [0.4, 0.5) is 8.78 Å². The Labute approximate surface area is 102 Å². The van der Waals surface area contributed by atoms with Crippen molar-refractivity contribution in [2.75, 3.05) is 13.2 Å². The van der Waals surface area contributed by atoms with Crippen LogP contribution in [0.3, 0.4) is 0 Å². The first-order valence-electron chi connectivity index (χ1n) is 5.01. The van der Waals surface area contributed by atoms with E-state index in [0.717, 1.165) is 6.07 Å². The standard InChI is InChI=1S/C11H14BrF2NO/c1-7(2)15-3-4-16-10-6-8(12)5-9(13)11(10)14/h5-7,15H,3-4H2,1-2H3.